The minimum atomic E-state index is 0.193. The number of rotatable bonds is 6. The van der Waals surface area contributed by atoms with Crippen LogP contribution in [0.5, 0.6) is 0 Å². The van der Waals surface area contributed by atoms with Gasteiger partial charge in [0, 0.05) is 25.3 Å². The fourth-order valence-electron chi connectivity index (χ4n) is 3.82. The van der Waals surface area contributed by atoms with Crippen LogP contribution in [-0.4, -0.2) is 65.2 Å². The van der Waals surface area contributed by atoms with E-state index >= 15 is 0 Å². The Morgan fingerprint density at radius 3 is 2.75 bits per heavy atom. The van der Waals surface area contributed by atoms with Crippen LogP contribution in [0, 0.1) is 12.8 Å². The fourth-order valence-corrected chi connectivity index (χ4v) is 3.82. The normalized spacial score (nSPS) is 23.3. The van der Waals surface area contributed by atoms with Crippen molar-refractivity contribution >= 4 is 5.91 Å². The Kier molecular flexibility index (Phi) is 6.26. The number of aromatic nitrogens is 2. The number of nitrogens with one attached hydrogen (secondary N) is 2. The number of aromatic amines is 1. The smallest absolute Gasteiger partial charge is 0.234 e. The number of likely N-dealkylation sites (tertiary alicyclic amines) is 2. The van der Waals surface area contributed by atoms with E-state index in [9.17, 15) is 4.79 Å². The number of carbonyl (C=O) groups is 1. The van der Waals surface area contributed by atoms with Crippen molar-refractivity contribution in [2.24, 2.45) is 5.92 Å². The molecular formula is C18H31N5O. The molecule has 2 N–H and O–H groups in total. The molecule has 1 aromatic heterocycles. The summed E-state index contributed by atoms with van der Waals surface area (Å²) in [5.74, 6) is 0.761. The number of hydrogen-bond donors (Lipinski definition) is 2. The summed E-state index contributed by atoms with van der Waals surface area (Å²) >= 11 is 0. The van der Waals surface area contributed by atoms with Gasteiger partial charge in [0.25, 0.3) is 0 Å². The molecule has 1 unspecified atom stereocenters. The molecule has 3 heterocycles. The van der Waals surface area contributed by atoms with Crippen molar-refractivity contribution < 1.29 is 4.79 Å². The highest BCUT2D eigenvalue weighted by molar-refractivity contribution is 5.78. The molecule has 0 aliphatic carbocycles. The van der Waals surface area contributed by atoms with Gasteiger partial charge in [0.05, 0.1) is 12.2 Å². The number of amides is 1. The summed E-state index contributed by atoms with van der Waals surface area (Å²) in [6.45, 7) is 8.62. The van der Waals surface area contributed by atoms with Crippen LogP contribution >= 0.6 is 0 Å². The Bertz CT molecular complexity index is 521. The van der Waals surface area contributed by atoms with Gasteiger partial charge in [0.2, 0.25) is 5.91 Å². The summed E-state index contributed by atoms with van der Waals surface area (Å²) in [6.07, 6.45) is 6.25. The molecule has 0 spiro atoms. The molecule has 0 saturated carbocycles. The Labute approximate surface area is 145 Å². The first-order chi connectivity index (χ1) is 11.7. The van der Waals surface area contributed by atoms with Gasteiger partial charge in [-0.1, -0.05) is 12.8 Å². The molecule has 0 radical (unpaired) electrons. The highest BCUT2D eigenvalue weighted by Gasteiger charge is 2.23. The molecule has 0 bridgehead atoms. The maximum absolute atomic E-state index is 12.2. The molecule has 0 aromatic carbocycles. The maximum Gasteiger partial charge on any atom is 0.234 e. The van der Waals surface area contributed by atoms with Gasteiger partial charge in [-0.05, 0) is 57.8 Å². The molecule has 2 saturated heterocycles. The lowest BCUT2D eigenvalue weighted by Gasteiger charge is -2.20. The lowest BCUT2D eigenvalue weighted by Crippen LogP contribution is -2.39. The molecule has 6 nitrogen and oxygen atoms in total. The first-order valence-corrected chi connectivity index (χ1v) is 9.41. The van der Waals surface area contributed by atoms with Gasteiger partial charge in [-0.15, -0.1) is 0 Å². The zero-order valence-corrected chi connectivity index (χ0v) is 14.9. The van der Waals surface area contributed by atoms with Crippen LogP contribution in [0.1, 0.15) is 43.5 Å². The Morgan fingerprint density at radius 2 is 2.04 bits per heavy atom. The van der Waals surface area contributed by atoms with Gasteiger partial charge in [-0.25, -0.2) is 0 Å². The standard InChI is InChI=1S/C18H31N5O/c1-15-10-17(21-20-15)13-23-9-6-16(12-23)11-19-18(24)14-22-7-4-2-3-5-8-22/h10,16H,2-9,11-14H2,1H3,(H,19,24)(H,20,21). The molecule has 1 aromatic rings. The second kappa shape index (κ2) is 8.62. The number of nitrogens with zero attached hydrogens (tertiary/aromatic N) is 3. The first-order valence-electron chi connectivity index (χ1n) is 9.41. The third kappa shape index (κ3) is 5.31. The molecule has 24 heavy (non-hydrogen) atoms. The van der Waals surface area contributed by atoms with E-state index < -0.39 is 0 Å². The minimum absolute atomic E-state index is 0.193. The van der Waals surface area contributed by atoms with E-state index in [1.807, 2.05) is 6.92 Å². The third-order valence-electron chi connectivity index (χ3n) is 5.17. The monoisotopic (exact) mass is 333 g/mol. The predicted molar refractivity (Wildman–Crippen MR) is 94.6 cm³/mol. The quantitative estimate of drug-likeness (QED) is 0.829. The summed E-state index contributed by atoms with van der Waals surface area (Å²) < 4.78 is 0. The van der Waals surface area contributed by atoms with E-state index in [-0.39, 0.29) is 5.91 Å². The van der Waals surface area contributed by atoms with Crippen molar-refractivity contribution in [3.8, 4) is 0 Å². The first kappa shape index (κ1) is 17.4. The molecule has 2 fully saturated rings. The van der Waals surface area contributed by atoms with Crippen molar-refractivity contribution in [2.45, 2.75) is 45.6 Å². The van der Waals surface area contributed by atoms with E-state index in [1.54, 1.807) is 0 Å². The lowest BCUT2D eigenvalue weighted by atomic mass is 10.1. The second-order valence-electron chi connectivity index (χ2n) is 7.43. The average Bonchev–Trinajstić information content (AvgIpc) is 3.09. The molecule has 2 aliphatic rings. The van der Waals surface area contributed by atoms with Crippen LogP contribution in [0.2, 0.25) is 0 Å². The van der Waals surface area contributed by atoms with E-state index in [0.717, 1.165) is 57.1 Å². The van der Waals surface area contributed by atoms with Crippen LogP contribution in [-0.2, 0) is 11.3 Å². The highest BCUT2D eigenvalue weighted by atomic mass is 16.2. The highest BCUT2D eigenvalue weighted by Crippen LogP contribution is 2.17. The third-order valence-corrected chi connectivity index (χ3v) is 5.17. The van der Waals surface area contributed by atoms with Crippen LogP contribution in [0.3, 0.4) is 0 Å². The largest absolute Gasteiger partial charge is 0.355 e. The number of hydrogen-bond acceptors (Lipinski definition) is 4. The lowest BCUT2D eigenvalue weighted by molar-refractivity contribution is -0.122. The molecule has 1 amide bonds. The van der Waals surface area contributed by atoms with Gasteiger partial charge in [0.1, 0.15) is 0 Å². The topological polar surface area (TPSA) is 64.3 Å². The summed E-state index contributed by atoms with van der Waals surface area (Å²) in [4.78, 5) is 16.9. The molecule has 1 atom stereocenters. The summed E-state index contributed by atoms with van der Waals surface area (Å²) in [6, 6.07) is 2.11. The van der Waals surface area contributed by atoms with E-state index in [2.05, 4.69) is 31.4 Å². The van der Waals surface area contributed by atoms with Gasteiger partial charge < -0.3 is 5.32 Å². The van der Waals surface area contributed by atoms with Crippen LogP contribution in [0.4, 0.5) is 0 Å². The Hall–Kier alpha value is -1.40. The predicted octanol–water partition coefficient (Wildman–Crippen LogP) is 1.53. The van der Waals surface area contributed by atoms with Crippen molar-refractivity contribution in [3.05, 3.63) is 17.5 Å². The van der Waals surface area contributed by atoms with Crippen molar-refractivity contribution in [3.63, 3.8) is 0 Å². The van der Waals surface area contributed by atoms with Gasteiger partial charge in [-0.2, -0.15) is 5.10 Å². The van der Waals surface area contributed by atoms with E-state index in [1.165, 1.54) is 25.7 Å². The van der Waals surface area contributed by atoms with Gasteiger partial charge >= 0.3 is 0 Å². The molecule has 6 heteroatoms. The van der Waals surface area contributed by atoms with Crippen LogP contribution in [0.15, 0.2) is 6.07 Å². The zero-order valence-electron chi connectivity index (χ0n) is 14.9. The van der Waals surface area contributed by atoms with E-state index in [0.29, 0.717) is 12.5 Å². The van der Waals surface area contributed by atoms with Crippen molar-refractivity contribution in [1.82, 2.24) is 25.3 Å². The van der Waals surface area contributed by atoms with E-state index in [4.69, 9.17) is 0 Å². The van der Waals surface area contributed by atoms with Gasteiger partial charge in [-0.3, -0.25) is 19.7 Å². The number of carbonyl (C=O) groups excluding carboxylic acids is 1. The average molecular weight is 333 g/mol. The van der Waals surface area contributed by atoms with Crippen LogP contribution in [0.25, 0.3) is 0 Å². The maximum atomic E-state index is 12.2. The van der Waals surface area contributed by atoms with Crippen LogP contribution < -0.4 is 5.32 Å². The SMILES string of the molecule is Cc1cc(CN2CCC(CNC(=O)CN3CCCCCC3)C2)n[nH]1. The molecule has 2 aliphatic heterocycles. The van der Waals surface area contributed by atoms with Gasteiger partial charge in [0.15, 0.2) is 0 Å². The molecule has 134 valence electrons. The second-order valence-corrected chi connectivity index (χ2v) is 7.43. The molecular weight excluding hydrogens is 302 g/mol. The minimum Gasteiger partial charge on any atom is -0.355 e. The number of aryl methyl sites for hydroxylation is 1. The number of H-pyrrole nitrogens is 1. The van der Waals surface area contributed by atoms with Crippen molar-refractivity contribution in [2.75, 3.05) is 39.3 Å². The van der Waals surface area contributed by atoms with Crippen molar-refractivity contribution in [1.29, 1.82) is 0 Å². The molecule has 3 rings (SSSR count). The Balaban J connectivity index is 1.34. The fraction of sp³-hybridized carbons (Fsp3) is 0.778. The summed E-state index contributed by atoms with van der Waals surface area (Å²) in [7, 11) is 0. The summed E-state index contributed by atoms with van der Waals surface area (Å²) in [5, 5.41) is 10.5. The summed E-state index contributed by atoms with van der Waals surface area (Å²) in [5.41, 5.74) is 2.22. The Morgan fingerprint density at radius 1 is 1.25 bits per heavy atom. The zero-order chi connectivity index (χ0) is 16.8.